The number of rotatable bonds is 2. The zero-order valence-corrected chi connectivity index (χ0v) is 13.0. The van der Waals surface area contributed by atoms with Crippen molar-refractivity contribution in [1.29, 1.82) is 0 Å². The Labute approximate surface area is 134 Å². The summed E-state index contributed by atoms with van der Waals surface area (Å²) < 4.78 is 6.59. The zero-order chi connectivity index (χ0) is 16.1. The summed E-state index contributed by atoms with van der Waals surface area (Å²) >= 11 is 1.46. The van der Waals surface area contributed by atoms with Crippen LogP contribution in [-0.4, -0.2) is 22.1 Å². The van der Waals surface area contributed by atoms with E-state index in [1.54, 1.807) is 0 Å². The zero-order valence-electron chi connectivity index (χ0n) is 12.2. The highest BCUT2D eigenvalue weighted by Crippen LogP contribution is 2.43. The summed E-state index contributed by atoms with van der Waals surface area (Å²) in [6, 6.07) is 3.74. The van der Waals surface area contributed by atoms with Crippen molar-refractivity contribution in [1.82, 2.24) is 9.55 Å². The Kier molecular flexibility index (Phi) is 3.02. The molecule has 0 bridgehead atoms. The van der Waals surface area contributed by atoms with Gasteiger partial charge in [0.25, 0.3) is 5.56 Å². The van der Waals surface area contributed by atoms with Crippen molar-refractivity contribution < 1.29 is 9.53 Å². The third-order valence-corrected chi connectivity index (χ3v) is 5.06. The van der Waals surface area contributed by atoms with Crippen LogP contribution < -0.4 is 16.6 Å². The second kappa shape index (κ2) is 4.95. The number of hydrogen-bond acceptors (Lipinski definition) is 6. The predicted molar refractivity (Wildman–Crippen MR) is 84.8 cm³/mol. The van der Waals surface area contributed by atoms with Crippen molar-refractivity contribution in [2.45, 2.75) is 19.4 Å². The largest absolute Gasteiger partial charge is 0.456 e. The number of nitrogens with one attached hydrogen (secondary N) is 2. The molecule has 0 spiro atoms. The summed E-state index contributed by atoms with van der Waals surface area (Å²) in [4.78, 5) is 39.9. The number of cyclic esters (lactones) is 1. The van der Waals surface area contributed by atoms with Gasteiger partial charge in [-0.05, 0) is 18.4 Å². The van der Waals surface area contributed by atoms with Crippen LogP contribution in [0.2, 0.25) is 0 Å². The van der Waals surface area contributed by atoms with Crippen LogP contribution in [0.3, 0.4) is 0 Å². The molecule has 2 aromatic heterocycles. The molecule has 118 valence electrons. The van der Waals surface area contributed by atoms with Gasteiger partial charge in [0, 0.05) is 11.4 Å². The van der Waals surface area contributed by atoms with Gasteiger partial charge in [-0.2, -0.15) is 0 Å². The summed E-state index contributed by atoms with van der Waals surface area (Å²) in [6.45, 7) is 2.35. The molecule has 2 aliphatic heterocycles. The first-order valence-electron chi connectivity index (χ1n) is 7.19. The second-order valence-electron chi connectivity index (χ2n) is 5.31. The first-order valence-corrected chi connectivity index (χ1v) is 8.07. The van der Waals surface area contributed by atoms with Crippen molar-refractivity contribution in [3.8, 4) is 0 Å². The minimum Gasteiger partial charge on any atom is -0.456 e. The first kappa shape index (κ1) is 14.0. The highest BCUT2D eigenvalue weighted by atomic mass is 32.1. The summed E-state index contributed by atoms with van der Waals surface area (Å²) in [5.74, 6) is -0.500. The molecule has 0 unspecified atom stereocenters. The molecule has 4 heterocycles. The molecule has 0 radical (unpaired) electrons. The minimum absolute atomic E-state index is 0.125. The fourth-order valence-corrected chi connectivity index (χ4v) is 3.97. The van der Waals surface area contributed by atoms with Crippen LogP contribution in [0.5, 0.6) is 0 Å². The van der Waals surface area contributed by atoms with Crippen LogP contribution in [0, 0.1) is 0 Å². The molecule has 2 N–H and O–H groups in total. The Balaban J connectivity index is 2.07. The van der Waals surface area contributed by atoms with Gasteiger partial charge in [0.1, 0.15) is 12.4 Å². The van der Waals surface area contributed by atoms with Gasteiger partial charge in [0.2, 0.25) is 0 Å². The van der Waals surface area contributed by atoms with Crippen molar-refractivity contribution in [2.75, 3.05) is 11.9 Å². The molecule has 0 saturated carbocycles. The molecule has 0 fully saturated rings. The van der Waals surface area contributed by atoms with Crippen LogP contribution in [0.1, 0.15) is 23.3 Å². The lowest BCUT2D eigenvalue weighted by Gasteiger charge is -2.26. The molecule has 1 atom stereocenters. The fraction of sp³-hybridized carbons (Fsp3) is 0.267. The van der Waals surface area contributed by atoms with E-state index in [-0.39, 0.29) is 6.61 Å². The van der Waals surface area contributed by atoms with Gasteiger partial charge >= 0.3 is 11.7 Å². The standard InChI is InChI=1S/C15H13N3O4S/c1-2-18-12-11(13(19)17-15(18)21)10(8-4-3-5-23-8)9-7(16-12)6-22-14(9)20/h3-5,10,16H,2,6H2,1H3,(H,17,19,21)/t10-/m1/s1. The molecule has 4 rings (SSSR count). The topological polar surface area (TPSA) is 93.2 Å². The average Bonchev–Trinajstić information content (AvgIpc) is 3.16. The molecule has 7 nitrogen and oxygen atoms in total. The van der Waals surface area contributed by atoms with Crippen molar-refractivity contribution >= 4 is 23.1 Å². The number of thiophene rings is 1. The molecular weight excluding hydrogens is 318 g/mol. The molecule has 0 amide bonds. The number of esters is 1. The number of fused-ring (bicyclic) bond motifs is 1. The molecule has 0 saturated heterocycles. The molecule has 23 heavy (non-hydrogen) atoms. The Morgan fingerprint density at radius 2 is 2.22 bits per heavy atom. The lowest BCUT2D eigenvalue weighted by atomic mass is 9.87. The minimum atomic E-state index is -0.515. The Morgan fingerprint density at radius 3 is 2.91 bits per heavy atom. The molecule has 2 aromatic rings. The molecular formula is C15H13N3O4S. The Morgan fingerprint density at radius 1 is 1.39 bits per heavy atom. The summed E-state index contributed by atoms with van der Waals surface area (Å²) in [5, 5.41) is 4.95. The van der Waals surface area contributed by atoms with Gasteiger partial charge in [-0.15, -0.1) is 11.3 Å². The number of hydrogen-bond donors (Lipinski definition) is 2. The summed E-state index contributed by atoms with van der Waals surface area (Å²) in [7, 11) is 0. The maximum Gasteiger partial charge on any atom is 0.337 e. The van der Waals surface area contributed by atoms with Crippen LogP contribution in [-0.2, 0) is 16.1 Å². The van der Waals surface area contributed by atoms with E-state index >= 15 is 0 Å². The quantitative estimate of drug-likeness (QED) is 0.801. The second-order valence-corrected chi connectivity index (χ2v) is 6.29. The number of H-pyrrole nitrogens is 1. The van der Waals surface area contributed by atoms with E-state index < -0.39 is 23.1 Å². The Hall–Kier alpha value is -2.61. The monoisotopic (exact) mass is 331 g/mol. The number of anilines is 1. The smallest absolute Gasteiger partial charge is 0.337 e. The molecule has 2 aliphatic rings. The maximum atomic E-state index is 12.5. The number of carbonyl (C=O) groups is 1. The lowest BCUT2D eigenvalue weighted by molar-refractivity contribution is -0.136. The van der Waals surface area contributed by atoms with Gasteiger partial charge in [-0.3, -0.25) is 14.3 Å². The predicted octanol–water partition coefficient (Wildman–Crippen LogP) is 0.986. The van der Waals surface area contributed by atoms with Gasteiger partial charge in [-0.25, -0.2) is 9.59 Å². The van der Waals surface area contributed by atoms with E-state index in [1.807, 2.05) is 24.4 Å². The average molecular weight is 331 g/mol. The van der Waals surface area contributed by atoms with E-state index in [2.05, 4.69) is 10.3 Å². The molecule has 0 aromatic carbocycles. The van der Waals surface area contributed by atoms with E-state index in [9.17, 15) is 14.4 Å². The summed E-state index contributed by atoms with van der Waals surface area (Å²) in [6.07, 6.45) is 0. The number of nitrogens with zero attached hydrogens (tertiary/aromatic N) is 1. The summed E-state index contributed by atoms with van der Waals surface area (Å²) in [5.41, 5.74) is 0.501. The van der Waals surface area contributed by atoms with Crippen molar-refractivity contribution in [2.24, 2.45) is 0 Å². The highest BCUT2D eigenvalue weighted by Gasteiger charge is 2.41. The number of carbonyl (C=O) groups excluding carboxylic acids is 1. The number of aromatic amines is 1. The Bertz CT molecular complexity index is 952. The third kappa shape index (κ3) is 1.91. The van der Waals surface area contributed by atoms with Crippen LogP contribution in [0.15, 0.2) is 38.4 Å². The van der Waals surface area contributed by atoms with E-state index in [4.69, 9.17) is 4.74 Å². The molecule has 8 heteroatoms. The van der Waals surface area contributed by atoms with E-state index in [0.717, 1.165) is 4.88 Å². The van der Waals surface area contributed by atoms with Crippen molar-refractivity contribution in [3.63, 3.8) is 0 Å². The van der Waals surface area contributed by atoms with Crippen LogP contribution in [0.4, 0.5) is 5.82 Å². The van der Waals surface area contributed by atoms with Gasteiger partial charge in [0.05, 0.1) is 22.8 Å². The number of ether oxygens (including phenoxy) is 1. The molecule has 0 aliphatic carbocycles. The van der Waals surface area contributed by atoms with E-state index in [1.165, 1.54) is 15.9 Å². The third-order valence-electron chi connectivity index (χ3n) is 4.12. The van der Waals surface area contributed by atoms with Crippen LogP contribution >= 0.6 is 11.3 Å². The van der Waals surface area contributed by atoms with Gasteiger partial charge in [-0.1, -0.05) is 6.07 Å². The van der Waals surface area contributed by atoms with Crippen LogP contribution in [0.25, 0.3) is 0 Å². The first-order chi connectivity index (χ1) is 11.1. The highest BCUT2D eigenvalue weighted by molar-refractivity contribution is 7.10. The van der Waals surface area contributed by atoms with Gasteiger partial charge < -0.3 is 10.1 Å². The normalized spacial score (nSPS) is 19.2. The van der Waals surface area contributed by atoms with E-state index in [0.29, 0.717) is 29.2 Å². The fourth-order valence-electron chi connectivity index (χ4n) is 3.13. The number of aromatic nitrogens is 2. The SMILES string of the molecule is CCn1c2c(c(=O)[nH]c1=O)[C@H](c1cccs1)C1=C(COC1=O)N2. The lowest BCUT2D eigenvalue weighted by Crippen LogP contribution is -2.38. The maximum absolute atomic E-state index is 12.5. The van der Waals surface area contributed by atoms with Gasteiger partial charge in [0.15, 0.2) is 0 Å². The van der Waals surface area contributed by atoms with Crippen molar-refractivity contribution in [3.05, 3.63) is 60.1 Å².